The summed E-state index contributed by atoms with van der Waals surface area (Å²) in [6.07, 6.45) is 1.51. The standard InChI is InChI=1S/C25H16Br2ClFN2O4S/c26-16-5-8-21(35-13-14-3-1-2-4-20(14)29)15(9-16)10-22-24(33)31(25(34)36-22)12-23(32)30-17-6-7-18(27)19(28)11-17/h1-11H,12-13H2,(H,30,32)/b22-10-. The van der Waals surface area contributed by atoms with E-state index in [0.717, 1.165) is 21.1 Å². The molecule has 1 aliphatic rings. The molecule has 3 aromatic carbocycles. The van der Waals surface area contributed by atoms with Gasteiger partial charge < -0.3 is 10.1 Å². The van der Waals surface area contributed by atoms with Gasteiger partial charge in [-0.1, -0.05) is 45.7 Å². The maximum Gasteiger partial charge on any atom is 0.294 e. The summed E-state index contributed by atoms with van der Waals surface area (Å²) >= 11 is 13.4. The Labute approximate surface area is 232 Å². The molecule has 11 heteroatoms. The SMILES string of the molecule is O=C(CN1C(=O)S/C(=C\c2cc(Br)ccc2OCc2ccccc2F)C1=O)Nc1ccc(Br)c(Cl)c1. The van der Waals surface area contributed by atoms with E-state index in [2.05, 4.69) is 37.2 Å². The molecule has 0 spiro atoms. The molecule has 0 aromatic heterocycles. The van der Waals surface area contributed by atoms with Crippen molar-refractivity contribution in [2.75, 3.05) is 11.9 Å². The second kappa shape index (κ2) is 11.6. The van der Waals surface area contributed by atoms with E-state index in [9.17, 15) is 18.8 Å². The maximum atomic E-state index is 14.0. The number of nitrogens with one attached hydrogen (secondary N) is 1. The van der Waals surface area contributed by atoms with Crippen LogP contribution in [0.5, 0.6) is 5.75 Å². The van der Waals surface area contributed by atoms with Gasteiger partial charge in [0, 0.05) is 25.8 Å². The lowest BCUT2D eigenvalue weighted by Crippen LogP contribution is -2.36. The Balaban J connectivity index is 1.48. The van der Waals surface area contributed by atoms with Crippen LogP contribution in [0.15, 0.2) is 74.5 Å². The Hall–Kier alpha value is -2.66. The second-order valence-electron chi connectivity index (χ2n) is 7.51. The van der Waals surface area contributed by atoms with Gasteiger partial charge in [-0.25, -0.2) is 4.39 Å². The van der Waals surface area contributed by atoms with Crippen molar-refractivity contribution in [2.24, 2.45) is 0 Å². The molecule has 0 saturated carbocycles. The number of halogens is 4. The number of hydrogen-bond acceptors (Lipinski definition) is 5. The Bertz CT molecular complexity index is 1400. The highest BCUT2D eigenvalue weighted by Gasteiger charge is 2.36. The highest BCUT2D eigenvalue weighted by atomic mass is 79.9. The minimum Gasteiger partial charge on any atom is -0.488 e. The van der Waals surface area contributed by atoms with Gasteiger partial charge in [-0.05, 0) is 76.2 Å². The first-order valence-electron chi connectivity index (χ1n) is 10.4. The molecule has 1 fully saturated rings. The van der Waals surface area contributed by atoms with E-state index in [1.54, 1.807) is 54.6 Å². The molecule has 0 atom stereocenters. The van der Waals surface area contributed by atoms with Crippen LogP contribution >= 0.6 is 55.2 Å². The fourth-order valence-corrected chi connectivity index (χ4v) is 4.87. The van der Waals surface area contributed by atoms with Gasteiger partial charge in [0.15, 0.2) is 0 Å². The van der Waals surface area contributed by atoms with E-state index >= 15 is 0 Å². The number of imide groups is 1. The Morgan fingerprint density at radius 1 is 1.11 bits per heavy atom. The first-order chi connectivity index (χ1) is 17.2. The lowest BCUT2D eigenvalue weighted by atomic mass is 10.1. The van der Waals surface area contributed by atoms with Crippen LogP contribution in [0.1, 0.15) is 11.1 Å². The highest BCUT2D eigenvalue weighted by molar-refractivity contribution is 9.10. The summed E-state index contributed by atoms with van der Waals surface area (Å²) in [5.41, 5.74) is 1.33. The van der Waals surface area contributed by atoms with Crippen molar-refractivity contribution in [3.63, 3.8) is 0 Å². The molecule has 3 aromatic rings. The molecule has 4 rings (SSSR count). The van der Waals surface area contributed by atoms with Crippen LogP contribution in [0.2, 0.25) is 5.02 Å². The molecule has 0 radical (unpaired) electrons. The van der Waals surface area contributed by atoms with Gasteiger partial charge in [0.25, 0.3) is 11.1 Å². The van der Waals surface area contributed by atoms with Gasteiger partial charge in [-0.2, -0.15) is 0 Å². The third-order valence-electron chi connectivity index (χ3n) is 4.98. The summed E-state index contributed by atoms with van der Waals surface area (Å²) < 4.78 is 21.2. The summed E-state index contributed by atoms with van der Waals surface area (Å²) in [5.74, 6) is -1.14. The van der Waals surface area contributed by atoms with Crippen molar-refractivity contribution >= 4 is 84.0 Å². The third-order valence-corrected chi connectivity index (χ3v) is 7.61. The van der Waals surface area contributed by atoms with Crippen LogP contribution in [0.4, 0.5) is 14.9 Å². The maximum absolute atomic E-state index is 14.0. The molecule has 0 aliphatic carbocycles. The zero-order valence-electron chi connectivity index (χ0n) is 18.3. The quantitative estimate of drug-likeness (QED) is 0.272. The molecular formula is C25H16Br2ClFN2O4S. The van der Waals surface area contributed by atoms with Gasteiger partial charge in [0.2, 0.25) is 5.91 Å². The summed E-state index contributed by atoms with van der Waals surface area (Å²) in [7, 11) is 0. The molecular weight excluding hydrogens is 639 g/mol. The second-order valence-corrected chi connectivity index (χ2v) is 10.7. The molecule has 1 heterocycles. The van der Waals surface area contributed by atoms with Crippen LogP contribution in [0.3, 0.4) is 0 Å². The Morgan fingerprint density at radius 2 is 1.89 bits per heavy atom. The lowest BCUT2D eigenvalue weighted by Gasteiger charge is -2.13. The lowest BCUT2D eigenvalue weighted by molar-refractivity contribution is -0.127. The zero-order valence-corrected chi connectivity index (χ0v) is 23.0. The van der Waals surface area contributed by atoms with Crippen LogP contribution < -0.4 is 10.1 Å². The van der Waals surface area contributed by atoms with E-state index < -0.39 is 23.6 Å². The minimum absolute atomic E-state index is 0.0170. The van der Waals surface area contributed by atoms with Gasteiger partial charge in [-0.15, -0.1) is 0 Å². The van der Waals surface area contributed by atoms with Crippen molar-refractivity contribution in [3.8, 4) is 5.75 Å². The Morgan fingerprint density at radius 3 is 2.64 bits per heavy atom. The normalized spacial score (nSPS) is 14.4. The largest absolute Gasteiger partial charge is 0.488 e. The first kappa shape index (κ1) is 26.4. The number of rotatable bonds is 7. The van der Waals surface area contributed by atoms with E-state index in [1.165, 1.54) is 12.1 Å². The number of carbonyl (C=O) groups excluding carboxylic acids is 3. The number of benzene rings is 3. The van der Waals surface area contributed by atoms with Crippen LogP contribution in [-0.2, 0) is 16.2 Å². The summed E-state index contributed by atoms with van der Waals surface area (Å²) in [4.78, 5) is 38.9. The third kappa shape index (κ3) is 6.36. The number of thioether (sulfide) groups is 1. The Kier molecular flexibility index (Phi) is 8.50. The topological polar surface area (TPSA) is 75.7 Å². The monoisotopic (exact) mass is 652 g/mol. The van der Waals surface area contributed by atoms with Crippen LogP contribution in [-0.4, -0.2) is 28.5 Å². The van der Waals surface area contributed by atoms with E-state index in [-0.39, 0.29) is 17.3 Å². The molecule has 0 unspecified atom stereocenters. The van der Waals surface area contributed by atoms with E-state index in [0.29, 0.717) is 32.1 Å². The van der Waals surface area contributed by atoms with Crippen molar-refractivity contribution in [1.29, 1.82) is 0 Å². The molecule has 6 nitrogen and oxygen atoms in total. The number of carbonyl (C=O) groups is 3. The fourth-order valence-electron chi connectivity index (χ4n) is 3.23. The van der Waals surface area contributed by atoms with Gasteiger partial charge in [0.05, 0.1) is 9.93 Å². The van der Waals surface area contributed by atoms with Crippen molar-refractivity contribution in [2.45, 2.75) is 6.61 Å². The molecule has 1 N–H and O–H groups in total. The van der Waals surface area contributed by atoms with Crippen molar-refractivity contribution in [1.82, 2.24) is 4.90 Å². The van der Waals surface area contributed by atoms with Crippen LogP contribution in [0, 0.1) is 5.82 Å². The van der Waals surface area contributed by atoms with E-state index in [1.807, 2.05) is 0 Å². The van der Waals surface area contributed by atoms with Gasteiger partial charge >= 0.3 is 0 Å². The minimum atomic E-state index is -0.603. The predicted molar refractivity (Wildman–Crippen MR) is 145 cm³/mol. The molecule has 1 saturated heterocycles. The molecule has 184 valence electrons. The number of amides is 3. The summed E-state index contributed by atoms with van der Waals surface area (Å²) in [5, 5.41) is 2.46. The average molecular weight is 655 g/mol. The highest BCUT2D eigenvalue weighted by Crippen LogP contribution is 2.35. The number of nitrogens with zero attached hydrogens (tertiary/aromatic N) is 1. The van der Waals surface area contributed by atoms with Crippen LogP contribution in [0.25, 0.3) is 6.08 Å². The average Bonchev–Trinajstić information content (AvgIpc) is 3.09. The smallest absolute Gasteiger partial charge is 0.294 e. The number of hydrogen-bond donors (Lipinski definition) is 1. The molecule has 0 bridgehead atoms. The number of anilines is 1. The van der Waals surface area contributed by atoms with Gasteiger partial charge in [0.1, 0.15) is 24.7 Å². The molecule has 36 heavy (non-hydrogen) atoms. The summed E-state index contributed by atoms with van der Waals surface area (Å²) in [6.45, 7) is -0.471. The van der Waals surface area contributed by atoms with Gasteiger partial charge in [-0.3, -0.25) is 19.3 Å². The summed E-state index contributed by atoms with van der Waals surface area (Å²) in [6, 6.07) is 16.3. The molecule has 3 amide bonds. The van der Waals surface area contributed by atoms with Crippen molar-refractivity contribution < 1.29 is 23.5 Å². The predicted octanol–water partition coefficient (Wildman–Crippen LogP) is 7.26. The first-order valence-corrected chi connectivity index (χ1v) is 13.2. The fraction of sp³-hybridized carbons (Fsp3) is 0.0800. The van der Waals surface area contributed by atoms with E-state index in [4.69, 9.17) is 16.3 Å². The molecule has 1 aliphatic heterocycles. The number of ether oxygens (including phenoxy) is 1. The zero-order chi connectivity index (χ0) is 25.8. The van der Waals surface area contributed by atoms with Crippen molar-refractivity contribution in [3.05, 3.63) is 96.5 Å².